The molecule has 0 aliphatic carbocycles. The number of hydrogen-bond donors (Lipinski definition) is 1. The van der Waals surface area contributed by atoms with Crippen molar-refractivity contribution in [2.45, 2.75) is 32.7 Å². The Hall–Kier alpha value is -3.75. The molecule has 1 aliphatic heterocycles. The monoisotopic (exact) mass is 448 g/mol. The summed E-state index contributed by atoms with van der Waals surface area (Å²) >= 11 is 0. The van der Waals surface area contributed by atoms with Crippen molar-refractivity contribution in [3.05, 3.63) is 83.2 Å². The van der Waals surface area contributed by atoms with E-state index in [1.54, 1.807) is 29.3 Å². The van der Waals surface area contributed by atoms with E-state index in [2.05, 4.69) is 25.3 Å². The standard InChI is InChI=1S/C24H25FN6O2/c1-16-11-28-22(14-27-16)24(33)31-8-6-17(7-9-31)10-21-19(13-26-15-30-21)23(32)29-12-18-4-2-3-5-20(18)25/h2-5,11,13-15,17H,6-10,12H2,1H3,(H,29,32). The van der Waals surface area contributed by atoms with Crippen LogP contribution < -0.4 is 5.32 Å². The summed E-state index contributed by atoms with van der Waals surface area (Å²) in [5.74, 6) is -0.526. The highest BCUT2D eigenvalue weighted by Gasteiger charge is 2.26. The number of benzene rings is 1. The minimum atomic E-state index is -0.361. The number of hydrogen-bond acceptors (Lipinski definition) is 6. The van der Waals surface area contributed by atoms with Crippen LogP contribution in [0.4, 0.5) is 4.39 Å². The number of nitrogens with one attached hydrogen (secondary N) is 1. The van der Waals surface area contributed by atoms with Crippen molar-refractivity contribution in [3.8, 4) is 0 Å². The minimum Gasteiger partial charge on any atom is -0.348 e. The Morgan fingerprint density at radius 3 is 2.61 bits per heavy atom. The van der Waals surface area contributed by atoms with E-state index in [9.17, 15) is 14.0 Å². The summed E-state index contributed by atoms with van der Waals surface area (Å²) in [7, 11) is 0. The summed E-state index contributed by atoms with van der Waals surface area (Å²) in [5.41, 5.74) is 2.58. The number of carbonyl (C=O) groups is 2. The van der Waals surface area contributed by atoms with Crippen molar-refractivity contribution in [1.29, 1.82) is 0 Å². The Balaban J connectivity index is 1.34. The van der Waals surface area contributed by atoms with Crippen LogP contribution in [0.2, 0.25) is 0 Å². The average Bonchev–Trinajstić information content (AvgIpc) is 2.84. The first-order chi connectivity index (χ1) is 16.0. The van der Waals surface area contributed by atoms with Gasteiger partial charge in [-0.1, -0.05) is 18.2 Å². The van der Waals surface area contributed by atoms with Crippen molar-refractivity contribution in [1.82, 2.24) is 30.2 Å². The van der Waals surface area contributed by atoms with Crippen LogP contribution >= 0.6 is 0 Å². The van der Waals surface area contributed by atoms with Gasteiger partial charge in [-0.15, -0.1) is 0 Å². The first kappa shape index (κ1) is 22.4. The zero-order valence-electron chi connectivity index (χ0n) is 18.4. The Bertz CT molecular complexity index is 1130. The lowest BCUT2D eigenvalue weighted by Crippen LogP contribution is -2.39. The van der Waals surface area contributed by atoms with Crippen molar-refractivity contribution in [2.24, 2.45) is 5.92 Å². The fourth-order valence-corrected chi connectivity index (χ4v) is 3.90. The number of piperidine rings is 1. The average molecular weight is 449 g/mol. The van der Waals surface area contributed by atoms with Gasteiger partial charge in [0.1, 0.15) is 17.8 Å². The summed E-state index contributed by atoms with van der Waals surface area (Å²) in [6, 6.07) is 6.33. The van der Waals surface area contributed by atoms with E-state index >= 15 is 0 Å². The topological polar surface area (TPSA) is 101 Å². The summed E-state index contributed by atoms with van der Waals surface area (Å²) in [6.07, 6.45) is 8.23. The maximum atomic E-state index is 13.8. The highest BCUT2D eigenvalue weighted by atomic mass is 19.1. The first-order valence-electron chi connectivity index (χ1n) is 10.9. The number of nitrogens with zero attached hydrogens (tertiary/aromatic N) is 5. The summed E-state index contributed by atoms with van der Waals surface area (Å²) < 4.78 is 13.8. The van der Waals surface area contributed by atoms with Gasteiger partial charge in [0.2, 0.25) is 0 Å². The SMILES string of the molecule is Cc1cnc(C(=O)N2CCC(Cc3ncncc3C(=O)NCc3ccccc3F)CC2)cn1. The lowest BCUT2D eigenvalue weighted by atomic mass is 9.90. The molecule has 1 fully saturated rings. The van der Waals surface area contributed by atoms with Crippen LogP contribution in [-0.2, 0) is 13.0 Å². The van der Waals surface area contributed by atoms with E-state index in [0.29, 0.717) is 42.0 Å². The lowest BCUT2D eigenvalue weighted by molar-refractivity contribution is 0.0683. The lowest BCUT2D eigenvalue weighted by Gasteiger charge is -2.31. The van der Waals surface area contributed by atoms with Gasteiger partial charge in [0, 0.05) is 37.6 Å². The van der Waals surface area contributed by atoms with Gasteiger partial charge in [-0.3, -0.25) is 14.6 Å². The van der Waals surface area contributed by atoms with E-state index in [1.807, 2.05) is 6.92 Å². The summed E-state index contributed by atoms with van der Waals surface area (Å²) in [6.45, 7) is 3.13. The molecule has 3 aromatic rings. The van der Waals surface area contributed by atoms with Gasteiger partial charge in [0.25, 0.3) is 11.8 Å². The van der Waals surface area contributed by atoms with Crippen molar-refractivity contribution >= 4 is 11.8 Å². The van der Waals surface area contributed by atoms with Crippen LogP contribution in [0.25, 0.3) is 0 Å². The van der Waals surface area contributed by atoms with Crippen LogP contribution in [0.1, 0.15) is 50.6 Å². The molecule has 1 aromatic carbocycles. The molecule has 2 aromatic heterocycles. The molecule has 1 saturated heterocycles. The molecule has 1 N–H and O–H groups in total. The van der Waals surface area contributed by atoms with Crippen LogP contribution in [0.3, 0.4) is 0 Å². The van der Waals surface area contributed by atoms with E-state index in [0.717, 1.165) is 18.5 Å². The summed E-state index contributed by atoms with van der Waals surface area (Å²) in [4.78, 5) is 43.8. The molecule has 0 atom stereocenters. The number of aryl methyl sites for hydroxylation is 1. The molecule has 9 heteroatoms. The zero-order chi connectivity index (χ0) is 23.2. The van der Waals surface area contributed by atoms with Crippen LogP contribution in [0.15, 0.2) is 49.2 Å². The van der Waals surface area contributed by atoms with Gasteiger partial charge in [-0.2, -0.15) is 0 Å². The molecule has 2 amide bonds. The third kappa shape index (κ3) is 5.54. The Morgan fingerprint density at radius 2 is 1.88 bits per heavy atom. The second-order valence-electron chi connectivity index (χ2n) is 8.14. The van der Waals surface area contributed by atoms with Gasteiger partial charge in [0.15, 0.2) is 0 Å². The Morgan fingerprint density at radius 1 is 1.09 bits per heavy atom. The number of halogens is 1. The fraction of sp³-hybridized carbons (Fsp3) is 0.333. The quantitative estimate of drug-likeness (QED) is 0.622. The smallest absolute Gasteiger partial charge is 0.274 e. The molecular weight excluding hydrogens is 423 g/mol. The molecule has 0 saturated carbocycles. The maximum absolute atomic E-state index is 13.8. The second-order valence-corrected chi connectivity index (χ2v) is 8.14. The highest BCUT2D eigenvalue weighted by Crippen LogP contribution is 2.23. The molecule has 0 spiro atoms. The largest absolute Gasteiger partial charge is 0.348 e. The Kier molecular flexibility index (Phi) is 6.97. The Labute approximate surface area is 191 Å². The fourth-order valence-electron chi connectivity index (χ4n) is 3.90. The molecule has 0 radical (unpaired) electrons. The number of aromatic nitrogens is 4. The predicted octanol–water partition coefficient (Wildman–Crippen LogP) is 2.74. The van der Waals surface area contributed by atoms with Gasteiger partial charge >= 0.3 is 0 Å². The molecular formula is C24H25FN6O2. The number of amides is 2. The van der Waals surface area contributed by atoms with E-state index < -0.39 is 0 Å². The number of rotatable bonds is 6. The summed E-state index contributed by atoms with van der Waals surface area (Å²) in [5, 5.41) is 2.75. The molecule has 4 rings (SSSR count). The first-order valence-corrected chi connectivity index (χ1v) is 10.9. The number of likely N-dealkylation sites (tertiary alicyclic amines) is 1. The van der Waals surface area contributed by atoms with Gasteiger partial charge in [-0.05, 0) is 38.2 Å². The normalized spacial score (nSPS) is 14.2. The third-order valence-electron chi connectivity index (χ3n) is 5.82. The second kappa shape index (κ2) is 10.2. The molecule has 3 heterocycles. The highest BCUT2D eigenvalue weighted by molar-refractivity contribution is 5.95. The molecule has 0 bridgehead atoms. The van der Waals surface area contributed by atoms with Gasteiger partial charge in [-0.25, -0.2) is 19.3 Å². The minimum absolute atomic E-state index is 0.0856. The molecule has 0 unspecified atom stereocenters. The van der Waals surface area contributed by atoms with Crippen molar-refractivity contribution in [3.63, 3.8) is 0 Å². The molecule has 8 nitrogen and oxygen atoms in total. The molecule has 1 aliphatic rings. The third-order valence-corrected chi connectivity index (χ3v) is 5.82. The number of carbonyl (C=O) groups excluding carboxylic acids is 2. The van der Waals surface area contributed by atoms with Crippen LogP contribution in [0.5, 0.6) is 0 Å². The maximum Gasteiger partial charge on any atom is 0.274 e. The molecule has 33 heavy (non-hydrogen) atoms. The van der Waals surface area contributed by atoms with Gasteiger partial charge < -0.3 is 10.2 Å². The predicted molar refractivity (Wildman–Crippen MR) is 119 cm³/mol. The van der Waals surface area contributed by atoms with Crippen LogP contribution in [-0.4, -0.2) is 49.7 Å². The zero-order valence-corrected chi connectivity index (χ0v) is 18.4. The van der Waals surface area contributed by atoms with Crippen molar-refractivity contribution < 1.29 is 14.0 Å². The van der Waals surface area contributed by atoms with E-state index in [1.165, 1.54) is 24.8 Å². The molecule has 170 valence electrons. The van der Waals surface area contributed by atoms with E-state index in [-0.39, 0.29) is 30.1 Å². The van der Waals surface area contributed by atoms with Gasteiger partial charge in [0.05, 0.1) is 23.1 Å². The van der Waals surface area contributed by atoms with Crippen molar-refractivity contribution in [2.75, 3.05) is 13.1 Å². The van der Waals surface area contributed by atoms with E-state index in [4.69, 9.17) is 0 Å². The van der Waals surface area contributed by atoms with Crippen LogP contribution in [0, 0.1) is 18.7 Å².